The van der Waals surface area contributed by atoms with Crippen LogP contribution in [0.1, 0.15) is 17.5 Å². The van der Waals surface area contributed by atoms with Crippen molar-refractivity contribution in [3.05, 3.63) is 63.1 Å². The lowest BCUT2D eigenvalue weighted by Crippen LogP contribution is -2.24. The lowest BCUT2D eigenvalue weighted by atomic mass is 10.2. The number of hydrogen-bond acceptors (Lipinski definition) is 2. The number of halogens is 2. The molecule has 2 aromatic rings. The maximum Gasteiger partial charge on any atom is 0.222 e. The van der Waals surface area contributed by atoms with Crippen molar-refractivity contribution in [1.82, 2.24) is 5.32 Å². The van der Waals surface area contributed by atoms with Gasteiger partial charge in [0.25, 0.3) is 0 Å². The summed E-state index contributed by atoms with van der Waals surface area (Å²) in [7, 11) is 0. The SMILES string of the molecule is Cc1ccc(NCCC(=O)NCc2ccc(Cl)cc2)cc1Br. The fourth-order valence-corrected chi connectivity index (χ4v) is 2.42. The van der Waals surface area contributed by atoms with Gasteiger partial charge in [-0.05, 0) is 42.3 Å². The van der Waals surface area contributed by atoms with Gasteiger partial charge in [-0.25, -0.2) is 0 Å². The smallest absolute Gasteiger partial charge is 0.222 e. The van der Waals surface area contributed by atoms with Gasteiger partial charge in [-0.2, -0.15) is 0 Å². The molecule has 0 aliphatic heterocycles. The number of anilines is 1. The van der Waals surface area contributed by atoms with Gasteiger partial charge in [0.15, 0.2) is 0 Å². The van der Waals surface area contributed by atoms with Crippen LogP contribution in [0.15, 0.2) is 46.9 Å². The molecule has 116 valence electrons. The Morgan fingerprint density at radius 1 is 1.18 bits per heavy atom. The Balaban J connectivity index is 1.71. The second-order valence-corrected chi connectivity index (χ2v) is 6.33. The molecule has 1 amide bonds. The van der Waals surface area contributed by atoms with E-state index in [1.54, 1.807) is 0 Å². The zero-order chi connectivity index (χ0) is 15.9. The highest BCUT2D eigenvalue weighted by Crippen LogP contribution is 2.20. The van der Waals surface area contributed by atoms with Crippen LogP contribution in [0, 0.1) is 6.92 Å². The molecule has 0 spiro atoms. The molecule has 0 saturated heterocycles. The van der Waals surface area contributed by atoms with Crippen LogP contribution in [0.25, 0.3) is 0 Å². The number of hydrogen-bond donors (Lipinski definition) is 2. The molecule has 0 fully saturated rings. The van der Waals surface area contributed by atoms with Crippen molar-refractivity contribution in [2.24, 2.45) is 0 Å². The first-order valence-electron chi connectivity index (χ1n) is 7.06. The number of rotatable bonds is 6. The number of amides is 1. The summed E-state index contributed by atoms with van der Waals surface area (Å²) >= 11 is 9.32. The minimum atomic E-state index is 0.0219. The third-order valence-electron chi connectivity index (χ3n) is 3.26. The molecule has 0 atom stereocenters. The summed E-state index contributed by atoms with van der Waals surface area (Å²) in [4.78, 5) is 11.8. The summed E-state index contributed by atoms with van der Waals surface area (Å²) in [5.74, 6) is 0.0219. The molecular formula is C17H18BrClN2O. The van der Waals surface area contributed by atoms with Crippen LogP contribution in [0.3, 0.4) is 0 Å². The first-order valence-corrected chi connectivity index (χ1v) is 8.23. The summed E-state index contributed by atoms with van der Waals surface area (Å²) in [5, 5.41) is 6.83. The van der Waals surface area contributed by atoms with Crippen LogP contribution in [0.4, 0.5) is 5.69 Å². The standard InChI is InChI=1S/C17H18BrClN2O/c1-12-2-7-15(10-16(12)18)20-9-8-17(22)21-11-13-3-5-14(19)6-4-13/h2-7,10,20H,8-9,11H2,1H3,(H,21,22). The van der Waals surface area contributed by atoms with E-state index in [1.165, 1.54) is 5.56 Å². The van der Waals surface area contributed by atoms with E-state index in [9.17, 15) is 4.79 Å². The largest absolute Gasteiger partial charge is 0.384 e. The molecule has 2 rings (SSSR count). The summed E-state index contributed by atoms with van der Waals surface area (Å²) in [6.45, 7) is 3.16. The van der Waals surface area contributed by atoms with Crippen LogP contribution in [0.2, 0.25) is 5.02 Å². The highest BCUT2D eigenvalue weighted by molar-refractivity contribution is 9.10. The first kappa shape index (κ1) is 16.8. The zero-order valence-corrected chi connectivity index (χ0v) is 14.7. The van der Waals surface area contributed by atoms with Crippen molar-refractivity contribution in [2.45, 2.75) is 19.9 Å². The molecule has 0 aromatic heterocycles. The molecule has 0 aliphatic rings. The van der Waals surface area contributed by atoms with E-state index < -0.39 is 0 Å². The van der Waals surface area contributed by atoms with Crippen LogP contribution in [-0.2, 0) is 11.3 Å². The van der Waals surface area contributed by atoms with E-state index in [0.717, 1.165) is 15.7 Å². The Labute approximate surface area is 144 Å². The number of aryl methyl sites for hydroxylation is 1. The minimum absolute atomic E-state index is 0.0219. The number of benzene rings is 2. The van der Waals surface area contributed by atoms with Gasteiger partial charge in [-0.3, -0.25) is 4.79 Å². The zero-order valence-electron chi connectivity index (χ0n) is 12.3. The Hall–Kier alpha value is -1.52. The van der Waals surface area contributed by atoms with Gasteiger partial charge in [0.1, 0.15) is 0 Å². The van der Waals surface area contributed by atoms with E-state index in [0.29, 0.717) is 24.5 Å². The van der Waals surface area contributed by atoms with Crippen molar-refractivity contribution in [3.63, 3.8) is 0 Å². The quantitative estimate of drug-likeness (QED) is 0.772. The molecule has 22 heavy (non-hydrogen) atoms. The second-order valence-electron chi connectivity index (χ2n) is 5.04. The summed E-state index contributed by atoms with van der Waals surface area (Å²) < 4.78 is 1.06. The van der Waals surface area contributed by atoms with Crippen molar-refractivity contribution in [2.75, 3.05) is 11.9 Å². The van der Waals surface area contributed by atoms with Crippen molar-refractivity contribution < 1.29 is 4.79 Å². The van der Waals surface area contributed by atoms with E-state index >= 15 is 0 Å². The molecular weight excluding hydrogens is 364 g/mol. The van der Waals surface area contributed by atoms with Crippen LogP contribution in [0.5, 0.6) is 0 Å². The molecule has 3 nitrogen and oxygen atoms in total. The third kappa shape index (κ3) is 5.35. The molecule has 0 unspecified atom stereocenters. The van der Waals surface area contributed by atoms with E-state index in [1.807, 2.05) is 49.4 Å². The van der Waals surface area contributed by atoms with Crippen LogP contribution < -0.4 is 10.6 Å². The topological polar surface area (TPSA) is 41.1 Å². The summed E-state index contributed by atoms with van der Waals surface area (Å²) in [6.07, 6.45) is 0.430. The average Bonchev–Trinajstić information content (AvgIpc) is 2.50. The Morgan fingerprint density at radius 2 is 1.91 bits per heavy atom. The van der Waals surface area contributed by atoms with Crippen LogP contribution >= 0.6 is 27.5 Å². The Kier molecular flexibility index (Phi) is 6.28. The summed E-state index contributed by atoms with van der Waals surface area (Å²) in [5.41, 5.74) is 3.22. The van der Waals surface area contributed by atoms with Gasteiger partial charge in [0.2, 0.25) is 5.91 Å². The van der Waals surface area contributed by atoms with E-state index in [2.05, 4.69) is 26.6 Å². The molecule has 2 aromatic carbocycles. The molecule has 0 bridgehead atoms. The average molecular weight is 382 g/mol. The van der Waals surface area contributed by atoms with Gasteiger partial charge >= 0.3 is 0 Å². The fourth-order valence-electron chi connectivity index (χ4n) is 1.91. The maximum atomic E-state index is 11.8. The lowest BCUT2D eigenvalue weighted by Gasteiger charge is -2.09. The number of carbonyl (C=O) groups excluding carboxylic acids is 1. The molecule has 0 heterocycles. The molecule has 0 aliphatic carbocycles. The maximum absolute atomic E-state index is 11.8. The Bertz CT molecular complexity index is 644. The Morgan fingerprint density at radius 3 is 2.59 bits per heavy atom. The highest BCUT2D eigenvalue weighted by Gasteiger charge is 2.02. The number of nitrogens with one attached hydrogen (secondary N) is 2. The van der Waals surface area contributed by atoms with Crippen molar-refractivity contribution in [3.8, 4) is 0 Å². The first-order chi connectivity index (χ1) is 10.5. The fraction of sp³-hybridized carbons (Fsp3) is 0.235. The molecule has 5 heteroatoms. The molecule has 2 N–H and O–H groups in total. The second kappa shape index (κ2) is 8.20. The third-order valence-corrected chi connectivity index (χ3v) is 4.36. The highest BCUT2D eigenvalue weighted by atomic mass is 79.9. The number of carbonyl (C=O) groups is 1. The predicted molar refractivity (Wildman–Crippen MR) is 95.3 cm³/mol. The summed E-state index contributed by atoms with van der Waals surface area (Å²) in [6, 6.07) is 13.5. The van der Waals surface area contributed by atoms with E-state index in [4.69, 9.17) is 11.6 Å². The minimum Gasteiger partial charge on any atom is -0.384 e. The van der Waals surface area contributed by atoms with Gasteiger partial charge in [0, 0.05) is 34.7 Å². The monoisotopic (exact) mass is 380 g/mol. The van der Waals surface area contributed by atoms with E-state index in [-0.39, 0.29) is 5.91 Å². The van der Waals surface area contributed by atoms with Gasteiger partial charge in [-0.15, -0.1) is 0 Å². The van der Waals surface area contributed by atoms with Gasteiger partial charge in [-0.1, -0.05) is 45.7 Å². The lowest BCUT2D eigenvalue weighted by molar-refractivity contribution is -0.121. The van der Waals surface area contributed by atoms with Gasteiger partial charge in [0.05, 0.1) is 0 Å². The predicted octanol–water partition coefficient (Wildman–Crippen LogP) is 4.53. The van der Waals surface area contributed by atoms with Crippen molar-refractivity contribution in [1.29, 1.82) is 0 Å². The molecule has 0 saturated carbocycles. The van der Waals surface area contributed by atoms with Crippen molar-refractivity contribution >= 4 is 39.1 Å². The van der Waals surface area contributed by atoms with Gasteiger partial charge < -0.3 is 10.6 Å². The van der Waals surface area contributed by atoms with Crippen LogP contribution in [-0.4, -0.2) is 12.5 Å². The molecule has 0 radical (unpaired) electrons. The normalized spacial score (nSPS) is 10.3.